The first-order chi connectivity index (χ1) is 35.7. The van der Waals surface area contributed by atoms with Crippen LogP contribution < -0.4 is 9.64 Å². The van der Waals surface area contributed by atoms with Gasteiger partial charge < -0.3 is 33.9 Å². The van der Waals surface area contributed by atoms with Crippen molar-refractivity contribution in [2.75, 3.05) is 44.0 Å². The molecule has 16 nitrogen and oxygen atoms in total. The van der Waals surface area contributed by atoms with Gasteiger partial charge in [0.2, 0.25) is 0 Å². The van der Waals surface area contributed by atoms with Crippen LogP contribution in [0.25, 0.3) is 11.1 Å². The van der Waals surface area contributed by atoms with Gasteiger partial charge in [0.1, 0.15) is 22.8 Å². The van der Waals surface area contributed by atoms with Gasteiger partial charge in [-0.25, -0.2) is 19.4 Å². The van der Waals surface area contributed by atoms with Crippen LogP contribution in [-0.4, -0.2) is 113 Å². The first kappa shape index (κ1) is 57.4. The number of pyridine rings is 1. The molecule has 0 spiro atoms. The molecule has 0 radical (unpaired) electrons. The van der Waals surface area contributed by atoms with Crippen molar-refractivity contribution in [2.24, 2.45) is 16.2 Å². The molecule has 1 aliphatic heterocycles. The van der Waals surface area contributed by atoms with Crippen LogP contribution in [0.3, 0.4) is 0 Å². The zero-order valence-corrected chi connectivity index (χ0v) is 47.0. The van der Waals surface area contributed by atoms with Crippen LogP contribution in [-0.2, 0) is 48.0 Å². The lowest BCUT2D eigenvalue weighted by Gasteiger charge is -2.69. The Morgan fingerprint density at radius 1 is 0.831 bits per heavy atom. The lowest BCUT2D eigenvalue weighted by Crippen LogP contribution is -2.64. The SMILES string of the molecule is Cc1ccc(C(OS(=O)(=O)CCCOc2ccc(C(=O)O)c3c2CCN(c2ccc(-c4cnn(CC56CC7(C)CC(C)(C5)CC(OCCN(C)C(=O)OC(C)(C)C)(C7)C6)c4C)c(C(=O)OC(C)(C)C)n2)C3)C(F)(F)F)cc1. The third-order valence-electron chi connectivity index (χ3n) is 15.2. The Kier molecular flexibility index (Phi) is 15.5. The maximum Gasteiger partial charge on any atom is 0.420 e. The molecule has 2 aromatic carbocycles. The largest absolute Gasteiger partial charge is 0.493 e. The number of benzene rings is 2. The Balaban J connectivity index is 0.994. The van der Waals surface area contributed by atoms with Crippen LogP contribution in [0.15, 0.2) is 54.7 Å². The molecule has 420 valence electrons. The molecule has 4 saturated carbocycles. The lowest BCUT2D eigenvalue weighted by molar-refractivity contribution is -0.248. The molecule has 77 heavy (non-hydrogen) atoms. The predicted octanol–water partition coefficient (Wildman–Crippen LogP) is 11.2. The number of aromatic carboxylic acids is 1. The summed E-state index contributed by atoms with van der Waals surface area (Å²) < 4.78 is 98.8. The van der Waals surface area contributed by atoms with Gasteiger partial charge in [-0.1, -0.05) is 43.7 Å². The Morgan fingerprint density at radius 3 is 2.12 bits per heavy atom. The van der Waals surface area contributed by atoms with Crippen LogP contribution in [0.2, 0.25) is 0 Å². The Morgan fingerprint density at radius 2 is 1.49 bits per heavy atom. The number of anilines is 1. The molecule has 5 aliphatic rings. The fraction of sp³-hybridized carbons (Fsp3) is 0.596. The van der Waals surface area contributed by atoms with Gasteiger partial charge in [0.05, 0.1) is 36.3 Å². The number of nitrogens with zero attached hydrogens (tertiary/aromatic N) is 5. The van der Waals surface area contributed by atoms with Crippen molar-refractivity contribution in [3.05, 3.63) is 93.9 Å². The average molecular weight is 1090 g/mol. The Labute approximate surface area is 450 Å². The minimum Gasteiger partial charge on any atom is -0.493 e. The quantitative estimate of drug-likeness (QED) is 0.0563. The maximum absolute atomic E-state index is 14.2. The van der Waals surface area contributed by atoms with Gasteiger partial charge in [-0.15, -0.1) is 0 Å². The summed E-state index contributed by atoms with van der Waals surface area (Å²) >= 11 is 0. The number of rotatable bonds is 18. The number of carbonyl (C=O) groups is 3. The van der Waals surface area contributed by atoms with E-state index in [1.807, 2.05) is 43.3 Å². The summed E-state index contributed by atoms with van der Waals surface area (Å²) in [5.74, 6) is -1.87. The Hall–Kier alpha value is -5.73. The second-order valence-corrected chi connectivity index (χ2v) is 26.6. The number of carbonyl (C=O) groups excluding carboxylic acids is 2. The van der Waals surface area contributed by atoms with E-state index in [0.29, 0.717) is 65.6 Å². The highest BCUT2D eigenvalue weighted by molar-refractivity contribution is 7.86. The van der Waals surface area contributed by atoms with E-state index in [0.717, 1.165) is 44.2 Å². The fourth-order valence-corrected chi connectivity index (χ4v) is 14.4. The maximum atomic E-state index is 14.2. The number of hydrogen-bond acceptors (Lipinski definition) is 13. The van der Waals surface area contributed by atoms with E-state index in [2.05, 4.69) is 13.8 Å². The summed E-state index contributed by atoms with van der Waals surface area (Å²) in [6.07, 6.45) is -0.301. The average Bonchev–Trinajstić information content (AvgIpc) is 3.84. The summed E-state index contributed by atoms with van der Waals surface area (Å²) in [4.78, 5) is 48.0. The van der Waals surface area contributed by atoms with Gasteiger partial charge in [-0.2, -0.15) is 26.7 Å². The highest BCUT2D eigenvalue weighted by Crippen LogP contribution is 2.72. The minimum atomic E-state index is -4.99. The molecule has 1 N–H and O–H groups in total. The van der Waals surface area contributed by atoms with E-state index >= 15 is 0 Å². The molecule has 0 saturated heterocycles. The number of carboxylic acid groups (broad SMARTS) is 1. The summed E-state index contributed by atoms with van der Waals surface area (Å²) in [6, 6.07) is 11.7. The number of fused-ring (bicyclic) bond motifs is 1. The first-order valence-electron chi connectivity index (χ1n) is 26.3. The fourth-order valence-electron chi connectivity index (χ4n) is 13.3. The van der Waals surface area contributed by atoms with E-state index in [9.17, 15) is 41.1 Å². The van der Waals surface area contributed by atoms with Gasteiger partial charge in [-0.3, -0.25) is 8.86 Å². The molecule has 4 aromatic rings. The molecule has 3 unspecified atom stereocenters. The lowest BCUT2D eigenvalue weighted by atomic mass is 9.39. The topological polar surface area (TPSA) is 189 Å². The van der Waals surface area contributed by atoms with Crippen LogP contribution in [0.5, 0.6) is 5.75 Å². The normalized spacial score (nSPS) is 23.6. The van der Waals surface area contributed by atoms with Crippen LogP contribution in [0.4, 0.5) is 23.8 Å². The van der Waals surface area contributed by atoms with Crippen molar-refractivity contribution in [1.82, 2.24) is 19.7 Å². The summed E-state index contributed by atoms with van der Waals surface area (Å²) in [5, 5.41) is 15.3. The third kappa shape index (κ3) is 13.2. The molecule has 2 aromatic heterocycles. The standard InChI is InChI=1S/C57H74F3N5O11S/c1-36-13-15-38(16-14-36)47(57(58,59)60)76-77(70,71)26-12-24-72-44-19-17-41(48(66)67)43-28-64(22-21-39(43)44)45-20-18-40(46(62-45)49(68)74-51(3,4)5)42-27-61-65(37(42)2)35-55-30-53(9)29-54(10,31-55)33-56(32-53,34-55)73-25-23-63(11)50(69)75-52(6,7)8/h13-20,27,47H,12,21-26,28-35H2,1-11H3,(H,66,67). The summed E-state index contributed by atoms with van der Waals surface area (Å²) in [5.41, 5.74) is 1.72. The van der Waals surface area contributed by atoms with E-state index < -0.39 is 51.3 Å². The molecular formula is C57H74F3N5O11S. The number of aryl methyl sites for hydroxylation is 1. The van der Waals surface area contributed by atoms with Crippen molar-refractivity contribution in [3.8, 4) is 16.9 Å². The number of aromatic nitrogens is 3. The van der Waals surface area contributed by atoms with Gasteiger partial charge >= 0.3 is 24.2 Å². The highest BCUT2D eigenvalue weighted by Gasteiger charge is 2.66. The number of halogens is 3. The minimum absolute atomic E-state index is 0.0136. The zero-order chi connectivity index (χ0) is 56.3. The summed E-state index contributed by atoms with van der Waals surface area (Å²) in [7, 11) is -2.93. The number of amides is 1. The molecule has 4 aliphatic carbocycles. The van der Waals surface area contributed by atoms with Crippen molar-refractivity contribution in [1.29, 1.82) is 0 Å². The number of ether oxygens (including phenoxy) is 4. The second-order valence-electron chi connectivity index (χ2n) is 24.9. The number of carboxylic acids is 1. The number of hydrogen-bond donors (Lipinski definition) is 1. The van der Waals surface area contributed by atoms with Crippen LogP contribution >= 0.6 is 0 Å². The Bertz CT molecular complexity index is 2980. The van der Waals surface area contributed by atoms with Gasteiger partial charge in [0, 0.05) is 55.6 Å². The van der Waals surface area contributed by atoms with E-state index in [4.69, 9.17) is 33.2 Å². The number of esters is 1. The molecule has 4 fully saturated rings. The zero-order valence-electron chi connectivity index (χ0n) is 46.2. The van der Waals surface area contributed by atoms with Crippen molar-refractivity contribution >= 4 is 34.0 Å². The van der Waals surface area contributed by atoms with E-state index in [1.54, 1.807) is 51.9 Å². The third-order valence-corrected chi connectivity index (χ3v) is 16.5. The van der Waals surface area contributed by atoms with E-state index in [1.165, 1.54) is 36.4 Å². The number of alkyl halides is 3. The molecule has 9 rings (SSSR count). The molecule has 3 atom stereocenters. The van der Waals surface area contributed by atoms with E-state index in [-0.39, 0.29) is 70.8 Å². The molecular weight excluding hydrogens is 1020 g/mol. The number of likely N-dealkylation sites (N-methyl/N-ethyl adjacent to an activating group) is 1. The second kappa shape index (κ2) is 20.8. The monoisotopic (exact) mass is 1090 g/mol. The predicted molar refractivity (Wildman–Crippen MR) is 282 cm³/mol. The van der Waals surface area contributed by atoms with Crippen molar-refractivity contribution in [3.63, 3.8) is 0 Å². The first-order valence-corrected chi connectivity index (χ1v) is 27.9. The van der Waals surface area contributed by atoms with Crippen LogP contribution in [0, 0.1) is 30.1 Å². The van der Waals surface area contributed by atoms with Crippen molar-refractivity contribution in [2.45, 2.75) is 163 Å². The molecule has 3 heterocycles. The van der Waals surface area contributed by atoms with Gasteiger partial charge in [0.15, 0.2) is 11.8 Å². The van der Waals surface area contributed by atoms with Gasteiger partial charge in [-0.05, 0) is 158 Å². The smallest absolute Gasteiger partial charge is 0.420 e. The molecule has 4 bridgehead atoms. The van der Waals surface area contributed by atoms with Crippen LogP contribution in [0.1, 0.15) is 155 Å². The summed E-state index contributed by atoms with van der Waals surface area (Å²) in [6.45, 7) is 21.0. The van der Waals surface area contributed by atoms with Gasteiger partial charge in [0.25, 0.3) is 10.1 Å². The van der Waals surface area contributed by atoms with Crippen molar-refractivity contribution < 1.29 is 64.2 Å². The highest BCUT2D eigenvalue weighted by atomic mass is 32.2. The molecule has 20 heteroatoms. The molecule has 1 amide bonds.